The summed E-state index contributed by atoms with van der Waals surface area (Å²) in [7, 11) is 0. The van der Waals surface area contributed by atoms with Crippen molar-refractivity contribution in [2.45, 2.75) is 38.9 Å². The maximum Gasteiger partial charge on any atom is 0.412 e. The lowest BCUT2D eigenvalue weighted by molar-refractivity contribution is -0.151. The van der Waals surface area contributed by atoms with Crippen LogP contribution in [0.25, 0.3) is 0 Å². The van der Waals surface area contributed by atoms with Crippen LogP contribution >= 0.6 is 0 Å². The van der Waals surface area contributed by atoms with Crippen LogP contribution < -0.4 is 5.32 Å². The van der Waals surface area contributed by atoms with E-state index < -0.39 is 6.09 Å². The second kappa shape index (κ2) is 8.33. The number of amides is 2. The molecule has 1 saturated heterocycles. The minimum absolute atomic E-state index is 0.0630. The molecule has 2 amide bonds. The number of nitrogens with zero attached hydrogens (tertiary/aromatic N) is 1. The van der Waals surface area contributed by atoms with Crippen LogP contribution in [0, 0.1) is 0 Å². The Bertz CT molecular complexity index is 582. The number of likely N-dealkylation sites (tertiary alicyclic amines) is 1. The summed E-state index contributed by atoms with van der Waals surface area (Å²) in [6, 6.07) is 8.98. The van der Waals surface area contributed by atoms with Crippen molar-refractivity contribution in [3.8, 4) is 0 Å². The number of anilines is 1. The Balaban J connectivity index is 1.63. The van der Waals surface area contributed by atoms with Crippen LogP contribution in [-0.4, -0.2) is 48.2 Å². The number of hydrogen-bond donors (Lipinski definition) is 1. The number of carbonyl (C=O) groups excluding carboxylic acids is 3. The van der Waals surface area contributed by atoms with Crippen LogP contribution in [0.1, 0.15) is 26.7 Å². The van der Waals surface area contributed by atoms with E-state index in [4.69, 9.17) is 9.47 Å². The first kappa shape index (κ1) is 17.8. The zero-order valence-electron chi connectivity index (χ0n) is 13.9. The number of hydrogen-bond acceptors (Lipinski definition) is 5. The number of ether oxygens (including phenoxy) is 2. The first-order chi connectivity index (χ1) is 11.4. The summed E-state index contributed by atoms with van der Waals surface area (Å²) in [5.74, 6) is -0.520. The van der Waals surface area contributed by atoms with Gasteiger partial charge in [0.15, 0.2) is 0 Å². The molecule has 0 aliphatic carbocycles. The van der Waals surface area contributed by atoms with E-state index in [0.29, 0.717) is 18.8 Å². The maximum absolute atomic E-state index is 11.9. The van der Waals surface area contributed by atoms with Crippen molar-refractivity contribution in [1.29, 1.82) is 0 Å². The predicted molar refractivity (Wildman–Crippen MR) is 87.4 cm³/mol. The van der Waals surface area contributed by atoms with Crippen LogP contribution in [0.4, 0.5) is 10.5 Å². The van der Waals surface area contributed by atoms with E-state index in [9.17, 15) is 14.4 Å². The number of esters is 1. The minimum atomic E-state index is -0.543. The summed E-state index contributed by atoms with van der Waals surface area (Å²) in [6.45, 7) is 4.22. The van der Waals surface area contributed by atoms with Crippen LogP contribution in [0.3, 0.4) is 0 Å². The van der Waals surface area contributed by atoms with Crippen molar-refractivity contribution in [1.82, 2.24) is 4.90 Å². The van der Waals surface area contributed by atoms with E-state index in [2.05, 4.69) is 5.32 Å². The average molecular weight is 334 g/mol. The zero-order valence-corrected chi connectivity index (χ0v) is 13.9. The Hall–Kier alpha value is -2.57. The zero-order chi connectivity index (χ0) is 17.5. The maximum atomic E-state index is 11.9. The Morgan fingerprint density at radius 1 is 1.17 bits per heavy atom. The lowest BCUT2D eigenvalue weighted by atomic mass is 10.1. The summed E-state index contributed by atoms with van der Waals surface area (Å²) in [5.41, 5.74) is 0.651. The highest BCUT2D eigenvalue weighted by atomic mass is 16.6. The van der Waals surface area contributed by atoms with E-state index in [-0.39, 0.29) is 36.9 Å². The SMILES string of the molecule is CC(C)OC(=O)CCC(=O)N1CC(OC(=O)Nc2ccccc2)C1. The molecule has 1 aliphatic rings. The molecule has 2 rings (SSSR count). The fourth-order valence-corrected chi connectivity index (χ4v) is 2.23. The Morgan fingerprint density at radius 2 is 1.83 bits per heavy atom. The van der Waals surface area contributed by atoms with Gasteiger partial charge in [-0.05, 0) is 26.0 Å². The van der Waals surface area contributed by atoms with Gasteiger partial charge in [-0.2, -0.15) is 0 Å². The van der Waals surface area contributed by atoms with Crippen LogP contribution in [0.2, 0.25) is 0 Å². The molecule has 0 aromatic heterocycles. The summed E-state index contributed by atoms with van der Waals surface area (Å²) in [4.78, 5) is 36.6. The van der Waals surface area contributed by atoms with E-state index >= 15 is 0 Å². The molecule has 24 heavy (non-hydrogen) atoms. The van der Waals surface area contributed by atoms with Gasteiger partial charge >= 0.3 is 12.1 Å². The Morgan fingerprint density at radius 3 is 2.46 bits per heavy atom. The number of benzene rings is 1. The lowest BCUT2D eigenvalue weighted by Gasteiger charge is -2.38. The number of para-hydroxylation sites is 1. The second-order valence-corrected chi connectivity index (χ2v) is 5.86. The normalized spacial score (nSPS) is 14.0. The van der Waals surface area contributed by atoms with Crippen molar-refractivity contribution in [3.63, 3.8) is 0 Å². The fourth-order valence-electron chi connectivity index (χ4n) is 2.23. The number of carbonyl (C=O) groups is 3. The van der Waals surface area contributed by atoms with Gasteiger partial charge in [0.25, 0.3) is 0 Å². The molecular weight excluding hydrogens is 312 g/mol. The van der Waals surface area contributed by atoms with Gasteiger partial charge in [0.05, 0.1) is 25.6 Å². The predicted octanol–water partition coefficient (Wildman–Crippen LogP) is 2.18. The molecule has 7 heteroatoms. The fraction of sp³-hybridized carbons (Fsp3) is 0.471. The molecule has 0 unspecified atom stereocenters. The molecular formula is C17H22N2O5. The summed E-state index contributed by atoms with van der Waals surface area (Å²) < 4.78 is 10.2. The van der Waals surface area contributed by atoms with Gasteiger partial charge < -0.3 is 14.4 Å². The highest BCUT2D eigenvalue weighted by molar-refractivity contribution is 5.85. The molecule has 1 aliphatic heterocycles. The quantitative estimate of drug-likeness (QED) is 0.806. The van der Waals surface area contributed by atoms with Crippen molar-refractivity contribution >= 4 is 23.7 Å². The first-order valence-electron chi connectivity index (χ1n) is 7.94. The number of nitrogens with one attached hydrogen (secondary N) is 1. The average Bonchev–Trinajstić information content (AvgIpc) is 2.48. The van der Waals surface area contributed by atoms with Gasteiger partial charge in [-0.25, -0.2) is 4.79 Å². The van der Waals surface area contributed by atoms with Gasteiger partial charge in [0.2, 0.25) is 5.91 Å². The molecule has 0 spiro atoms. The highest BCUT2D eigenvalue weighted by Gasteiger charge is 2.33. The van der Waals surface area contributed by atoms with E-state index in [1.807, 2.05) is 18.2 Å². The first-order valence-corrected chi connectivity index (χ1v) is 7.94. The smallest absolute Gasteiger partial charge is 0.412 e. The molecule has 130 valence electrons. The van der Waals surface area contributed by atoms with Crippen LogP contribution in [0.5, 0.6) is 0 Å². The Labute approximate surface area is 140 Å². The standard InChI is InChI=1S/C17H22N2O5/c1-12(2)23-16(21)9-8-15(20)19-10-14(11-19)24-17(22)18-13-6-4-3-5-7-13/h3-7,12,14H,8-11H2,1-2H3,(H,18,22). The second-order valence-electron chi connectivity index (χ2n) is 5.86. The molecule has 1 fully saturated rings. The molecule has 0 atom stereocenters. The van der Waals surface area contributed by atoms with Crippen LogP contribution in [0.15, 0.2) is 30.3 Å². The largest absolute Gasteiger partial charge is 0.463 e. The number of rotatable bonds is 6. The van der Waals surface area contributed by atoms with Gasteiger partial charge in [0.1, 0.15) is 6.10 Å². The molecule has 0 bridgehead atoms. The molecule has 0 radical (unpaired) electrons. The molecule has 0 saturated carbocycles. The summed E-state index contributed by atoms with van der Waals surface area (Å²) in [5, 5.41) is 2.62. The monoisotopic (exact) mass is 334 g/mol. The van der Waals surface area contributed by atoms with Gasteiger partial charge in [-0.1, -0.05) is 18.2 Å². The van der Waals surface area contributed by atoms with Crippen molar-refractivity contribution in [2.75, 3.05) is 18.4 Å². The third-order valence-electron chi connectivity index (χ3n) is 3.40. The molecule has 7 nitrogen and oxygen atoms in total. The topological polar surface area (TPSA) is 84.9 Å². The highest BCUT2D eigenvalue weighted by Crippen LogP contribution is 2.15. The Kier molecular flexibility index (Phi) is 6.17. The third-order valence-corrected chi connectivity index (χ3v) is 3.40. The van der Waals surface area contributed by atoms with Gasteiger partial charge in [0, 0.05) is 12.1 Å². The van der Waals surface area contributed by atoms with E-state index in [1.165, 1.54) is 0 Å². The van der Waals surface area contributed by atoms with Gasteiger partial charge in [-0.3, -0.25) is 14.9 Å². The minimum Gasteiger partial charge on any atom is -0.463 e. The third kappa shape index (κ3) is 5.57. The molecule has 1 N–H and O–H groups in total. The summed E-state index contributed by atoms with van der Waals surface area (Å²) in [6.07, 6.45) is -0.876. The molecule has 1 aromatic rings. The van der Waals surface area contributed by atoms with Crippen LogP contribution in [-0.2, 0) is 19.1 Å². The summed E-state index contributed by atoms with van der Waals surface area (Å²) >= 11 is 0. The van der Waals surface area contributed by atoms with Crippen molar-refractivity contribution < 1.29 is 23.9 Å². The molecule has 1 heterocycles. The van der Waals surface area contributed by atoms with E-state index in [0.717, 1.165) is 0 Å². The van der Waals surface area contributed by atoms with Crippen molar-refractivity contribution in [3.05, 3.63) is 30.3 Å². The van der Waals surface area contributed by atoms with Crippen molar-refractivity contribution in [2.24, 2.45) is 0 Å². The molecule has 1 aromatic carbocycles. The lowest BCUT2D eigenvalue weighted by Crippen LogP contribution is -2.55. The van der Waals surface area contributed by atoms with E-state index in [1.54, 1.807) is 30.9 Å². The van der Waals surface area contributed by atoms with Gasteiger partial charge in [-0.15, -0.1) is 0 Å².